The summed E-state index contributed by atoms with van der Waals surface area (Å²) >= 11 is 0. The lowest BCUT2D eigenvalue weighted by molar-refractivity contribution is 0.572. The van der Waals surface area contributed by atoms with Gasteiger partial charge in [-0.3, -0.25) is 13.9 Å². The third-order valence-corrected chi connectivity index (χ3v) is 5.50. The van der Waals surface area contributed by atoms with Crippen LogP contribution in [0.5, 0.6) is 0 Å². The first-order valence-corrected chi connectivity index (χ1v) is 10.7. The lowest BCUT2D eigenvalue weighted by atomic mass is 10.1. The van der Waals surface area contributed by atoms with E-state index in [-0.39, 0.29) is 5.56 Å². The number of nitrogens with zero attached hydrogens (tertiary/aromatic N) is 6. The Bertz CT molecular complexity index is 1160. The molecule has 0 amide bonds. The van der Waals surface area contributed by atoms with Crippen molar-refractivity contribution in [2.75, 3.05) is 50.1 Å². The second-order valence-corrected chi connectivity index (χ2v) is 7.83. The van der Waals surface area contributed by atoms with Gasteiger partial charge in [-0.25, -0.2) is 0 Å². The molecular formula is C23H29N7O. The van der Waals surface area contributed by atoms with Crippen LogP contribution in [0.1, 0.15) is 12.5 Å². The molecule has 162 valence electrons. The highest BCUT2D eigenvalue weighted by Gasteiger charge is 2.24. The Hall–Kier alpha value is -3.31. The van der Waals surface area contributed by atoms with Gasteiger partial charge < -0.3 is 15.1 Å². The molecule has 0 unspecified atom stereocenters. The van der Waals surface area contributed by atoms with Crippen molar-refractivity contribution in [1.82, 2.24) is 24.4 Å². The average Bonchev–Trinajstić information content (AvgIpc) is 3.17. The summed E-state index contributed by atoms with van der Waals surface area (Å²) in [5.41, 5.74) is 2.12. The number of fused-ring (bicyclic) bond motifs is 1. The van der Waals surface area contributed by atoms with Gasteiger partial charge in [-0.15, -0.1) is 5.92 Å². The Labute approximate surface area is 182 Å². The van der Waals surface area contributed by atoms with Gasteiger partial charge in [-0.1, -0.05) is 36.3 Å². The standard InChI is InChI=1S/C23H29N7O/c1-4-5-14-29-19-20(26-23(29)28-16-12-24-13-17-28)25-22(27(2)3)30(21(19)31)15-11-18-9-7-6-8-10-18/h6-10,24H,11-17H2,1-3H3. The maximum absolute atomic E-state index is 13.7. The van der Waals surface area contributed by atoms with Gasteiger partial charge in [-0.05, 0) is 18.9 Å². The summed E-state index contributed by atoms with van der Waals surface area (Å²) in [6.45, 7) is 6.23. The number of anilines is 2. The predicted molar refractivity (Wildman–Crippen MR) is 125 cm³/mol. The molecule has 1 aliphatic heterocycles. The molecule has 8 nitrogen and oxygen atoms in total. The first-order chi connectivity index (χ1) is 15.1. The highest BCUT2D eigenvalue weighted by Crippen LogP contribution is 2.22. The van der Waals surface area contributed by atoms with Crippen molar-refractivity contribution in [1.29, 1.82) is 0 Å². The van der Waals surface area contributed by atoms with Gasteiger partial charge in [-0.2, -0.15) is 9.97 Å². The zero-order valence-corrected chi connectivity index (χ0v) is 18.4. The summed E-state index contributed by atoms with van der Waals surface area (Å²) in [4.78, 5) is 27.4. The SMILES string of the molecule is CC#CCn1c(N2CCNCC2)nc2nc(N(C)C)n(CCc3ccccc3)c(=O)c21. The highest BCUT2D eigenvalue weighted by molar-refractivity contribution is 5.76. The number of piperazine rings is 1. The van der Waals surface area contributed by atoms with Crippen molar-refractivity contribution in [2.45, 2.75) is 26.4 Å². The van der Waals surface area contributed by atoms with Crippen LogP contribution in [0.2, 0.25) is 0 Å². The van der Waals surface area contributed by atoms with E-state index < -0.39 is 0 Å². The van der Waals surface area contributed by atoms with Gasteiger partial charge in [0.25, 0.3) is 5.56 Å². The molecule has 1 aromatic carbocycles. The van der Waals surface area contributed by atoms with Crippen LogP contribution in [0, 0.1) is 11.8 Å². The molecule has 8 heteroatoms. The van der Waals surface area contributed by atoms with Gasteiger partial charge >= 0.3 is 0 Å². The molecule has 0 atom stereocenters. The zero-order chi connectivity index (χ0) is 21.8. The van der Waals surface area contributed by atoms with Gasteiger partial charge in [0.05, 0.1) is 6.54 Å². The maximum atomic E-state index is 13.7. The van der Waals surface area contributed by atoms with Crippen molar-refractivity contribution in [3.8, 4) is 11.8 Å². The van der Waals surface area contributed by atoms with E-state index in [0.29, 0.717) is 30.2 Å². The molecule has 3 aromatic rings. The van der Waals surface area contributed by atoms with Crippen LogP contribution in [0.3, 0.4) is 0 Å². The first-order valence-electron chi connectivity index (χ1n) is 10.7. The Kier molecular flexibility index (Phi) is 6.23. The van der Waals surface area contributed by atoms with Gasteiger partial charge in [0.1, 0.15) is 0 Å². The third kappa shape index (κ3) is 4.28. The fourth-order valence-corrected chi connectivity index (χ4v) is 3.93. The van der Waals surface area contributed by atoms with Crippen LogP contribution in [-0.4, -0.2) is 59.4 Å². The molecule has 1 fully saturated rings. The van der Waals surface area contributed by atoms with Crippen molar-refractivity contribution in [3.63, 3.8) is 0 Å². The van der Waals surface area contributed by atoms with Crippen LogP contribution >= 0.6 is 0 Å². The molecule has 0 bridgehead atoms. The van der Waals surface area contributed by atoms with E-state index in [9.17, 15) is 4.79 Å². The summed E-state index contributed by atoms with van der Waals surface area (Å²) in [6.07, 6.45) is 0.752. The molecule has 31 heavy (non-hydrogen) atoms. The third-order valence-electron chi connectivity index (χ3n) is 5.50. The lowest BCUT2D eigenvalue weighted by Gasteiger charge is -2.28. The van der Waals surface area contributed by atoms with Crippen molar-refractivity contribution in [2.24, 2.45) is 0 Å². The number of aryl methyl sites for hydroxylation is 1. The minimum Gasteiger partial charge on any atom is -0.348 e. The molecule has 1 saturated heterocycles. The monoisotopic (exact) mass is 419 g/mol. The van der Waals surface area contributed by atoms with Crippen LogP contribution in [0.25, 0.3) is 11.2 Å². The molecular weight excluding hydrogens is 390 g/mol. The quantitative estimate of drug-likeness (QED) is 0.608. The van der Waals surface area contributed by atoms with E-state index in [0.717, 1.165) is 38.5 Å². The number of nitrogens with one attached hydrogen (secondary N) is 1. The Morgan fingerprint density at radius 3 is 2.52 bits per heavy atom. The number of imidazole rings is 1. The number of hydrogen-bond donors (Lipinski definition) is 1. The zero-order valence-electron chi connectivity index (χ0n) is 18.4. The fraction of sp³-hybridized carbons (Fsp3) is 0.435. The van der Waals surface area contributed by atoms with E-state index in [1.54, 1.807) is 4.57 Å². The molecule has 4 rings (SSSR count). The van der Waals surface area contributed by atoms with Crippen LogP contribution in [-0.2, 0) is 19.5 Å². The second-order valence-electron chi connectivity index (χ2n) is 7.83. The van der Waals surface area contributed by atoms with Crippen LogP contribution in [0.4, 0.5) is 11.9 Å². The molecule has 0 spiro atoms. The molecule has 1 aliphatic rings. The van der Waals surface area contributed by atoms with Crippen LogP contribution < -0.4 is 20.7 Å². The minimum absolute atomic E-state index is 0.0728. The number of aromatic nitrogens is 4. The van der Waals surface area contributed by atoms with Crippen molar-refractivity contribution >= 4 is 23.1 Å². The van der Waals surface area contributed by atoms with E-state index >= 15 is 0 Å². The highest BCUT2D eigenvalue weighted by atomic mass is 16.1. The molecule has 2 aromatic heterocycles. The van der Waals surface area contributed by atoms with Gasteiger partial charge in [0.15, 0.2) is 11.2 Å². The first kappa shape index (κ1) is 20.9. The smallest absolute Gasteiger partial charge is 0.281 e. The number of hydrogen-bond acceptors (Lipinski definition) is 6. The molecule has 0 saturated carbocycles. The molecule has 0 radical (unpaired) electrons. The molecule has 0 aliphatic carbocycles. The fourth-order valence-electron chi connectivity index (χ4n) is 3.93. The summed E-state index contributed by atoms with van der Waals surface area (Å²) in [6, 6.07) is 10.2. The predicted octanol–water partition coefficient (Wildman–Crippen LogP) is 1.33. The summed E-state index contributed by atoms with van der Waals surface area (Å²) in [7, 11) is 3.81. The Balaban J connectivity index is 1.84. The topological polar surface area (TPSA) is 71.2 Å². The van der Waals surface area contributed by atoms with E-state index in [4.69, 9.17) is 9.97 Å². The second kappa shape index (κ2) is 9.23. The van der Waals surface area contributed by atoms with E-state index in [2.05, 4.69) is 34.2 Å². The summed E-state index contributed by atoms with van der Waals surface area (Å²) < 4.78 is 3.69. The largest absolute Gasteiger partial charge is 0.348 e. The summed E-state index contributed by atoms with van der Waals surface area (Å²) in [5.74, 6) is 7.44. The van der Waals surface area contributed by atoms with E-state index in [1.807, 2.05) is 48.7 Å². The minimum atomic E-state index is -0.0728. The number of benzene rings is 1. The lowest BCUT2D eigenvalue weighted by Crippen LogP contribution is -2.44. The average molecular weight is 420 g/mol. The van der Waals surface area contributed by atoms with E-state index in [1.165, 1.54) is 5.56 Å². The maximum Gasteiger partial charge on any atom is 0.281 e. The Morgan fingerprint density at radius 1 is 1.10 bits per heavy atom. The van der Waals surface area contributed by atoms with Gasteiger partial charge in [0, 0.05) is 46.8 Å². The van der Waals surface area contributed by atoms with Crippen molar-refractivity contribution in [3.05, 3.63) is 46.2 Å². The molecule has 3 heterocycles. The van der Waals surface area contributed by atoms with Gasteiger partial charge in [0.2, 0.25) is 11.9 Å². The number of rotatable bonds is 6. The summed E-state index contributed by atoms with van der Waals surface area (Å²) in [5, 5.41) is 3.36. The normalized spacial score (nSPS) is 13.8. The Morgan fingerprint density at radius 2 is 1.84 bits per heavy atom. The van der Waals surface area contributed by atoms with Crippen LogP contribution in [0.15, 0.2) is 35.1 Å². The van der Waals surface area contributed by atoms with Crippen molar-refractivity contribution < 1.29 is 0 Å². The molecule has 1 N–H and O–H groups in total.